The number of carbonyl (C=O) groups excluding carboxylic acids is 1. The van der Waals surface area contributed by atoms with Crippen molar-refractivity contribution in [1.29, 1.82) is 0 Å². The van der Waals surface area contributed by atoms with Crippen LogP contribution in [0, 0.1) is 0 Å². The van der Waals surface area contributed by atoms with E-state index in [-0.39, 0.29) is 4.77 Å². The van der Waals surface area contributed by atoms with Crippen LogP contribution in [0.4, 0.5) is 0 Å². The molecule has 5 nitrogen and oxygen atoms in total. The highest BCUT2D eigenvalue weighted by Crippen LogP contribution is 2.42. The van der Waals surface area contributed by atoms with Gasteiger partial charge in [-0.15, -0.1) is 23.5 Å². The Morgan fingerprint density at radius 2 is 2.10 bits per heavy atom. The highest BCUT2D eigenvalue weighted by molar-refractivity contribution is 8.20. The third-order valence-corrected chi connectivity index (χ3v) is 7.15. The lowest BCUT2D eigenvalue weighted by atomic mass is 10.2. The summed E-state index contributed by atoms with van der Waals surface area (Å²) in [6.45, 7) is 3.28. The first-order valence-corrected chi connectivity index (χ1v) is 9.52. The number of ether oxygens (including phenoxy) is 1. The molecule has 0 aromatic heterocycles. The quantitative estimate of drug-likeness (QED) is 0.625. The number of rotatable bonds is 6. The van der Waals surface area contributed by atoms with Crippen LogP contribution < -0.4 is 4.74 Å². The Labute approximate surface area is 131 Å². The van der Waals surface area contributed by atoms with Crippen molar-refractivity contribution in [3.8, 4) is 5.75 Å². The molecule has 1 saturated heterocycles. The van der Waals surface area contributed by atoms with E-state index in [1.54, 1.807) is 12.1 Å². The number of thioether (sulfide) groups is 2. The van der Waals surface area contributed by atoms with E-state index in [2.05, 4.69) is 6.58 Å². The number of hydrogen-bond donors (Lipinski definition) is 1. The smallest absolute Gasteiger partial charge is 0.276 e. The molecule has 3 unspecified atom stereocenters. The third-order valence-electron chi connectivity index (χ3n) is 2.80. The molecule has 1 N–H and O–H groups in total. The minimum atomic E-state index is -4.47. The molecule has 0 saturated carbocycles. The van der Waals surface area contributed by atoms with E-state index < -0.39 is 26.4 Å². The standard InChI is InChI=1S/C13H14O5S3/c1-2-10(14)12(21(15,16)17)11-8-19-13(20-11)18-9-6-4-3-5-7-9/h2-7,11-13H,1,8H2,(H,15,16,17). The fourth-order valence-electron chi connectivity index (χ4n) is 1.86. The van der Waals surface area contributed by atoms with E-state index in [4.69, 9.17) is 4.74 Å². The maximum atomic E-state index is 11.7. The Morgan fingerprint density at radius 1 is 1.43 bits per heavy atom. The molecule has 1 aliphatic heterocycles. The van der Waals surface area contributed by atoms with Crippen LogP contribution in [0.25, 0.3) is 0 Å². The normalized spacial score (nSPS) is 23.5. The maximum Gasteiger partial charge on any atom is 0.276 e. The minimum absolute atomic E-state index is 0.320. The maximum absolute atomic E-state index is 11.7. The summed E-state index contributed by atoms with van der Waals surface area (Å²) in [5.74, 6) is 0.365. The highest BCUT2D eigenvalue weighted by Gasteiger charge is 2.43. The molecule has 1 aromatic rings. The number of para-hydroxylation sites is 1. The molecular weight excluding hydrogens is 332 g/mol. The average molecular weight is 346 g/mol. The molecule has 2 rings (SSSR count). The van der Waals surface area contributed by atoms with Crippen molar-refractivity contribution in [2.45, 2.75) is 15.3 Å². The molecule has 1 heterocycles. The number of benzene rings is 1. The first kappa shape index (κ1) is 16.4. The number of hydrogen-bond acceptors (Lipinski definition) is 6. The lowest BCUT2D eigenvalue weighted by Crippen LogP contribution is -2.38. The second kappa shape index (κ2) is 6.87. The molecule has 0 aliphatic carbocycles. The monoisotopic (exact) mass is 346 g/mol. The number of allylic oxidation sites excluding steroid dienone is 1. The second-order valence-electron chi connectivity index (χ2n) is 4.27. The average Bonchev–Trinajstić information content (AvgIpc) is 2.86. The Morgan fingerprint density at radius 3 is 2.67 bits per heavy atom. The highest BCUT2D eigenvalue weighted by atomic mass is 32.2. The van der Waals surface area contributed by atoms with Gasteiger partial charge in [-0.2, -0.15) is 8.42 Å². The predicted molar refractivity (Wildman–Crippen MR) is 85.2 cm³/mol. The Balaban J connectivity index is 2.06. The molecule has 1 aliphatic rings. The Kier molecular flexibility index (Phi) is 5.37. The zero-order valence-electron chi connectivity index (χ0n) is 10.9. The lowest BCUT2D eigenvalue weighted by molar-refractivity contribution is -0.114. The first-order valence-electron chi connectivity index (χ1n) is 6.03. The van der Waals surface area contributed by atoms with Gasteiger partial charge >= 0.3 is 0 Å². The van der Waals surface area contributed by atoms with Crippen molar-refractivity contribution in [2.75, 3.05) is 5.75 Å². The zero-order chi connectivity index (χ0) is 15.5. The zero-order valence-corrected chi connectivity index (χ0v) is 13.4. The summed E-state index contributed by atoms with van der Waals surface area (Å²) >= 11 is 2.61. The summed E-state index contributed by atoms with van der Waals surface area (Å²) in [5.41, 5.74) is 0. The molecule has 114 valence electrons. The number of ketones is 1. The van der Waals surface area contributed by atoms with Gasteiger partial charge in [-0.25, -0.2) is 0 Å². The van der Waals surface area contributed by atoms with E-state index in [1.165, 1.54) is 23.5 Å². The van der Waals surface area contributed by atoms with Crippen LogP contribution in [0.2, 0.25) is 0 Å². The largest absolute Gasteiger partial charge is 0.470 e. The second-order valence-corrected chi connectivity index (χ2v) is 8.51. The van der Waals surface area contributed by atoms with Crippen LogP contribution in [0.5, 0.6) is 5.75 Å². The van der Waals surface area contributed by atoms with Crippen molar-refractivity contribution in [2.24, 2.45) is 0 Å². The summed E-state index contributed by atoms with van der Waals surface area (Å²) < 4.78 is 37.4. The van der Waals surface area contributed by atoms with Crippen molar-refractivity contribution in [3.05, 3.63) is 43.0 Å². The van der Waals surface area contributed by atoms with E-state index >= 15 is 0 Å². The minimum Gasteiger partial charge on any atom is -0.470 e. The first-order chi connectivity index (χ1) is 9.91. The van der Waals surface area contributed by atoms with Crippen molar-refractivity contribution >= 4 is 39.4 Å². The molecule has 0 bridgehead atoms. The van der Waals surface area contributed by atoms with E-state index in [0.717, 1.165) is 6.08 Å². The van der Waals surface area contributed by atoms with Gasteiger partial charge in [-0.1, -0.05) is 24.8 Å². The topological polar surface area (TPSA) is 80.7 Å². The molecule has 8 heteroatoms. The van der Waals surface area contributed by atoms with Gasteiger partial charge in [-0.05, 0) is 18.2 Å². The van der Waals surface area contributed by atoms with Gasteiger partial charge in [0.05, 0.1) is 0 Å². The van der Waals surface area contributed by atoms with Gasteiger partial charge in [-0.3, -0.25) is 9.35 Å². The van der Waals surface area contributed by atoms with Gasteiger partial charge in [0.15, 0.2) is 15.8 Å². The van der Waals surface area contributed by atoms with Gasteiger partial charge in [0.25, 0.3) is 10.1 Å². The van der Waals surface area contributed by atoms with Crippen LogP contribution in [-0.2, 0) is 14.9 Å². The summed E-state index contributed by atoms with van der Waals surface area (Å²) in [6, 6.07) is 9.12. The lowest BCUT2D eigenvalue weighted by Gasteiger charge is -2.17. The van der Waals surface area contributed by atoms with E-state index in [0.29, 0.717) is 11.5 Å². The van der Waals surface area contributed by atoms with Gasteiger partial charge < -0.3 is 4.74 Å². The molecule has 3 atom stereocenters. The van der Waals surface area contributed by atoms with E-state index in [1.807, 2.05) is 18.2 Å². The Bertz CT molecular complexity index is 614. The van der Waals surface area contributed by atoms with Crippen molar-refractivity contribution in [3.63, 3.8) is 0 Å². The van der Waals surface area contributed by atoms with Gasteiger partial charge in [0, 0.05) is 11.0 Å². The molecular formula is C13H14O5S3. The fraction of sp³-hybridized carbons (Fsp3) is 0.308. The molecule has 0 radical (unpaired) electrons. The fourth-order valence-corrected chi connectivity index (χ4v) is 6.44. The Hall–Kier alpha value is -0.960. The third kappa shape index (κ3) is 4.26. The van der Waals surface area contributed by atoms with E-state index in [9.17, 15) is 17.8 Å². The van der Waals surface area contributed by atoms with Crippen molar-refractivity contribution in [1.82, 2.24) is 0 Å². The summed E-state index contributed by atoms with van der Waals surface area (Å²) in [7, 11) is -4.47. The van der Waals surface area contributed by atoms with Crippen LogP contribution in [0.1, 0.15) is 0 Å². The molecule has 1 fully saturated rings. The summed E-state index contributed by atoms with van der Waals surface area (Å²) in [6.07, 6.45) is 0.926. The van der Waals surface area contributed by atoms with Crippen LogP contribution in [-0.4, -0.2) is 39.8 Å². The SMILES string of the molecule is C=CC(=O)C(C1CSC(Oc2ccccc2)S1)S(=O)(=O)O. The van der Waals surface area contributed by atoms with Crippen LogP contribution in [0.3, 0.4) is 0 Å². The summed E-state index contributed by atoms with van der Waals surface area (Å²) in [4.78, 5) is 11.7. The summed E-state index contributed by atoms with van der Waals surface area (Å²) in [5, 5.41) is -2.05. The van der Waals surface area contributed by atoms with Gasteiger partial charge in [0.2, 0.25) is 0 Å². The predicted octanol–water partition coefficient (Wildman–Crippen LogP) is 2.21. The van der Waals surface area contributed by atoms with Gasteiger partial charge in [0.1, 0.15) is 5.75 Å². The van der Waals surface area contributed by atoms with Crippen LogP contribution >= 0.6 is 23.5 Å². The molecule has 0 spiro atoms. The molecule has 1 aromatic carbocycles. The van der Waals surface area contributed by atoms with Crippen LogP contribution in [0.15, 0.2) is 43.0 Å². The number of carbonyl (C=O) groups is 1. The van der Waals surface area contributed by atoms with Crippen molar-refractivity contribution < 1.29 is 22.5 Å². The molecule has 21 heavy (non-hydrogen) atoms. The molecule has 0 amide bonds.